The van der Waals surface area contributed by atoms with Gasteiger partial charge in [0.2, 0.25) is 5.88 Å². The molecule has 1 aromatic carbocycles. The molecule has 1 aliphatic rings. The number of aromatic nitrogens is 1. The van der Waals surface area contributed by atoms with Gasteiger partial charge in [0.05, 0.1) is 18.6 Å². The molecule has 0 unspecified atom stereocenters. The molecular weight excluding hydrogens is 356 g/mol. The molecule has 0 fully saturated rings. The number of ether oxygens (including phenoxy) is 2. The number of esters is 1. The Bertz CT molecular complexity index is 961. The van der Waals surface area contributed by atoms with Crippen LogP contribution < -0.4 is 16.0 Å². The molecule has 0 spiro atoms. The van der Waals surface area contributed by atoms with E-state index in [4.69, 9.17) is 26.8 Å². The van der Waals surface area contributed by atoms with Gasteiger partial charge < -0.3 is 19.8 Å². The molecule has 0 bridgehead atoms. The minimum Gasteiger partial charge on any atom is -0.465 e. The first-order valence-corrected chi connectivity index (χ1v) is 8.52. The molecule has 3 rings (SSSR count). The van der Waals surface area contributed by atoms with E-state index in [1.54, 1.807) is 34.9 Å². The highest BCUT2D eigenvalue weighted by atomic mass is 35.5. The number of fused-ring (bicyclic) bond motifs is 1. The van der Waals surface area contributed by atoms with E-state index in [1.165, 1.54) is 7.11 Å². The third-order valence-electron chi connectivity index (χ3n) is 4.49. The molecular formula is C19H19ClN2O4. The molecule has 7 heteroatoms. The summed E-state index contributed by atoms with van der Waals surface area (Å²) in [5.41, 5.74) is 7.70. The Morgan fingerprint density at radius 2 is 2.00 bits per heavy atom. The van der Waals surface area contributed by atoms with E-state index in [-0.39, 0.29) is 17.0 Å². The minimum atomic E-state index is -0.700. The maximum atomic E-state index is 13.1. The maximum absolute atomic E-state index is 13.1. The lowest BCUT2D eigenvalue weighted by molar-refractivity contribution is -0.136. The molecule has 0 saturated heterocycles. The Hall–Kier alpha value is -2.73. The van der Waals surface area contributed by atoms with Crippen molar-refractivity contribution < 1.29 is 14.3 Å². The zero-order valence-corrected chi connectivity index (χ0v) is 15.5. The van der Waals surface area contributed by atoms with Gasteiger partial charge in [-0.3, -0.25) is 4.79 Å². The highest BCUT2D eigenvalue weighted by Crippen LogP contribution is 2.41. The summed E-state index contributed by atoms with van der Waals surface area (Å²) >= 11 is 5.99. The summed E-state index contributed by atoms with van der Waals surface area (Å²) in [5.74, 6) is -1.06. The third-order valence-corrected chi connectivity index (χ3v) is 4.75. The fourth-order valence-electron chi connectivity index (χ4n) is 3.28. The van der Waals surface area contributed by atoms with Crippen molar-refractivity contribution in [1.29, 1.82) is 0 Å². The van der Waals surface area contributed by atoms with Gasteiger partial charge in [0.1, 0.15) is 11.3 Å². The first-order valence-electron chi connectivity index (χ1n) is 8.14. The van der Waals surface area contributed by atoms with Crippen LogP contribution in [-0.4, -0.2) is 17.6 Å². The van der Waals surface area contributed by atoms with Gasteiger partial charge in [0.25, 0.3) is 5.56 Å². The van der Waals surface area contributed by atoms with Crippen molar-refractivity contribution >= 4 is 17.6 Å². The number of rotatable bonds is 3. The second-order valence-corrected chi connectivity index (χ2v) is 6.41. The first-order chi connectivity index (χ1) is 12.4. The van der Waals surface area contributed by atoms with Gasteiger partial charge in [0.15, 0.2) is 0 Å². The standard InChI is InChI=1S/C19H19ClN2O4/c1-4-22-10(2)9-13-15(18(22)23)14(11-5-7-12(20)8-6-11)16(17(21)26-13)19(24)25-3/h5-9,14H,4,21H2,1-3H3/t14-/m0/s1. The molecule has 6 nitrogen and oxygen atoms in total. The Labute approximate surface area is 155 Å². The second kappa shape index (κ2) is 6.88. The molecule has 136 valence electrons. The zero-order chi connectivity index (χ0) is 19.0. The highest BCUT2D eigenvalue weighted by Gasteiger charge is 2.38. The highest BCUT2D eigenvalue weighted by molar-refractivity contribution is 6.30. The quantitative estimate of drug-likeness (QED) is 0.835. The van der Waals surface area contributed by atoms with Crippen LogP contribution in [0.5, 0.6) is 5.75 Å². The second-order valence-electron chi connectivity index (χ2n) is 5.97. The molecule has 2 N–H and O–H groups in total. The summed E-state index contributed by atoms with van der Waals surface area (Å²) < 4.78 is 12.1. The zero-order valence-electron chi connectivity index (χ0n) is 14.7. The molecule has 0 aliphatic carbocycles. The van der Waals surface area contributed by atoms with Gasteiger partial charge in [-0.05, 0) is 31.5 Å². The van der Waals surface area contributed by atoms with Crippen LogP contribution in [0, 0.1) is 6.92 Å². The van der Waals surface area contributed by atoms with E-state index >= 15 is 0 Å². The average Bonchev–Trinajstić information content (AvgIpc) is 2.61. The van der Waals surface area contributed by atoms with E-state index in [0.717, 1.165) is 5.69 Å². The SMILES string of the molecule is CCn1c(C)cc2c(c1=O)[C@H](c1ccc(Cl)cc1)C(C(=O)OC)=C(N)O2. The molecule has 0 saturated carbocycles. The smallest absolute Gasteiger partial charge is 0.340 e. The van der Waals surface area contributed by atoms with Crippen molar-refractivity contribution in [2.45, 2.75) is 26.3 Å². The van der Waals surface area contributed by atoms with Crippen molar-refractivity contribution in [3.63, 3.8) is 0 Å². The van der Waals surface area contributed by atoms with Crippen LogP contribution in [0.3, 0.4) is 0 Å². The third kappa shape index (κ3) is 2.86. The lowest BCUT2D eigenvalue weighted by Gasteiger charge is -2.28. The van der Waals surface area contributed by atoms with Crippen LogP contribution in [0.15, 0.2) is 46.6 Å². The lowest BCUT2D eigenvalue weighted by Crippen LogP contribution is -2.34. The average molecular weight is 375 g/mol. The summed E-state index contributed by atoms with van der Waals surface area (Å²) in [6.45, 7) is 4.20. The monoisotopic (exact) mass is 374 g/mol. The molecule has 2 aromatic rings. The number of pyridine rings is 1. The maximum Gasteiger partial charge on any atom is 0.340 e. The first kappa shape index (κ1) is 18.1. The van der Waals surface area contributed by atoms with Gasteiger partial charge in [-0.25, -0.2) is 4.79 Å². The topological polar surface area (TPSA) is 83.5 Å². The van der Waals surface area contributed by atoms with Gasteiger partial charge >= 0.3 is 5.97 Å². The number of nitrogens with zero attached hydrogens (tertiary/aromatic N) is 1. The number of aryl methyl sites for hydroxylation is 1. The van der Waals surface area contributed by atoms with E-state index in [1.807, 2.05) is 13.8 Å². The number of nitrogens with two attached hydrogens (primary N) is 1. The number of carbonyl (C=O) groups is 1. The van der Waals surface area contributed by atoms with E-state index in [9.17, 15) is 9.59 Å². The largest absolute Gasteiger partial charge is 0.465 e. The molecule has 1 aromatic heterocycles. The van der Waals surface area contributed by atoms with Crippen molar-refractivity contribution in [3.05, 3.63) is 74.0 Å². The van der Waals surface area contributed by atoms with Crippen molar-refractivity contribution in [2.75, 3.05) is 7.11 Å². The Kier molecular flexibility index (Phi) is 4.78. The number of hydrogen-bond acceptors (Lipinski definition) is 5. The summed E-state index contributed by atoms with van der Waals surface area (Å²) in [5, 5.41) is 0.549. The molecule has 0 radical (unpaired) electrons. The number of hydrogen-bond donors (Lipinski definition) is 1. The van der Waals surface area contributed by atoms with Crippen LogP contribution in [0.4, 0.5) is 0 Å². The number of benzene rings is 1. The van der Waals surface area contributed by atoms with Gasteiger partial charge in [-0.15, -0.1) is 0 Å². The van der Waals surface area contributed by atoms with Gasteiger partial charge in [0, 0.05) is 23.3 Å². The normalized spacial score (nSPS) is 16.1. The van der Waals surface area contributed by atoms with Crippen LogP contribution in [0.1, 0.15) is 29.7 Å². The molecule has 0 amide bonds. The summed E-state index contributed by atoms with van der Waals surface area (Å²) in [6.07, 6.45) is 0. The van der Waals surface area contributed by atoms with Crippen LogP contribution in [0.2, 0.25) is 5.02 Å². The summed E-state index contributed by atoms with van der Waals surface area (Å²) in [7, 11) is 1.26. The van der Waals surface area contributed by atoms with Crippen molar-refractivity contribution in [2.24, 2.45) is 5.73 Å². The minimum absolute atomic E-state index is 0.0719. The van der Waals surface area contributed by atoms with E-state index < -0.39 is 11.9 Å². The van der Waals surface area contributed by atoms with Gasteiger partial charge in [-0.1, -0.05) is 23.7 Å². The van der Waals surface area contributed by atoms with Crippen LogP contribution in [-0.2, 0) is 16.1 Å². The van der Waals surface area contributed by atoms with E-state index in [2.05, 4.69) is 0 Å². The molecule has 2 heterocycles. The predicted molar refractivity (Wildman–Crippen MR) is 98.3 cm³/mol. The predicted octanol–water partition coefficient (Wildman–Crippen LogP) is 2.70. The Morgan fingerprint density at radius 1 is 1.35 bits per heavy atom. The fraction of sp³-hybridized carbons (Fsp3) is 0.263. The number of carbonyl (C=O) groups excluding carboxylic acids is 1. The summed E-state index contributed by atoms with van der Waals surface area (Å²) in [4.78, 5) is 25.5. The lowest BCUT2D eigenvalue weighted by atomic mass is 9.83. The van der Waals surface area contributed by atoms with Gasteiger partial charge in [-0.2, -0.15) is 0 Å². The van der Waals surface area contributed by atoms with Crippen LogP contribution >= 0.6 is 11.6 Å². The molecule has 1 atom stereocenters. The van der Waals surface area contributed by atoms with Crippen LogP contribution in [0.25, 0.3) is 0 Å². The molecule has 26 heavy (non-hydrogen) atoms. The number of halogens is 1. The van der Waals surface area contributed by atoms with E-state index in [0.29, 0.717) is 28.4 Å². The Balaban J connectivity index is 2.34. The van der Waals surface area contributed by atoms with Crippen molar-refractivity contribution in [1.82, 2.24) is 4.57 Å². The fourth-order valence-corrected chi connectivity index (χ4v) is 3.40. The number of methoxy groups -OCH3 is 1. The Morgan fingerprint density at radius 3 is 2.58 bits per heavy atom. The van der Waals surface area contributed by atoms with Crippen molar-refractivity contribution in [3.8, 4) is 5.75 Å². The molecule has 1 aliphatic heterocycles. The summed E-state index contributed by atoms with van der Waals surface area (Å²) in [6, 6.07) is 8.67.